The number of likely N-dealkylation sites (N-methyl/N-ethyl adjacent to an activating group) is 1. The fraction of sp³-hybridized carbons (Fsp3) is 0.250. The summed E-state index contributed by atoms with van der Waals surface area (Å²) in [5, 5.41) is 4.59. The molecule has 1 fully saturated rings. The van der Waals surface area contributed by atoms with Gasteiger partial charge in [0, 0.05) is 44.1 Å². The van der Waals surface area contributed by atoms with Crippen molar-refractivity contribution in [2.45, 2.75) is 0 Å². The molecule has 7 heteroatoms. The molecule has 2 N–H and O–H groups in total. The number of rotatable bonds is 5. The van der Waals surface area contributed by atoms with E-state index in [1.54, 1.807) is 48.8 Å². The zero-order valence-electron chi connectivity index (χ0n) is 15.3. The molecule has 0 bridgehead atoms. The Bertz CT molecular complexity index is 800. The zero-order chi connectivity index (χ0) is 19.1. The lowest BCUT2D eigenvalue weighted by Crippen LogP contribution is -2.53. The van der Waals surface area contributed by atoms with Crippen molar-refractivity contribution in [1.82, 2.24) is 25.6 Å². The summed E-state index contributed by atoms with van der Waals surface area (Å²) in [6.07, 6.45) is 4.92. The van der Waals surface area contributed by atoms with Crippen LogP contribution >= 0.6 is 0 Å². The van der Waals surface area contributed by atoms with Crippen LogP contribution in [0.5, 0.6) is 0 Å². The Labute approximate surface area is 158 Å². The van der Waals surface area contributed by atoms with Gasteiger partial charge in [0.05, 0.1) is 0 Å². The number of piperazine rings is 1. The van der Waals surface area contributed by atoms with Crippen LogP contribution in [0.15, 0.2) is 60.6 Å². The molecule has 140 valence electrons. The SMILES string of the molecule is CN1CCN(NC(=O)/C(=C\c2cccnc2)NC(=O)c2ccccc2)CC1. The third-order valence-electron chi connectivity index (χ3n) is 4.29. The molecule has 2 aromatic rings. The minimum Gasteiger partial charge on any atom is -0.317 e. The van der Waals surface area contributed by atoms with Crippen LogP contribution in [-0.2, 0) is 4.79 Å². The summed E-state index contributed by atoms with van der Waals surface area (Å²) in [6.45, 7) is 3.21. The maximum Gasteiger partial charge on any atom is 0.282 e. The second-order valence-electron chi connectivity index (χ2n) is 6.40. The fourth-order valence-corrected chi connectivity index (χ4v) is 2.69. The van der Waals surface area contributed by atoms with Crippen LogP contribution < -0.4 is 10.7 Å². The van der Waals surface area contributed by atoms with Crippen molar-refractivity contribution >= 4 is 17.9 Å². The van der Waals surface area contributed by atoms with Crippen molar-refractivity contribution in [3.05, 3.63) is 71.7 Å². The van der Waals surface area contributed by atoms with Crippen LogP contribution in [-0.4, -0.2) is 59.9 Å². The highest BCUT2D eigenvalue weighted by atomic mass is 16.2. The van der Waals surface area contributed by atoms with Crippen molar-refractivity contribution in [3.8, 4) is 0 Å². The van der Waals surface area contributed by atoms with Gasteiger partial charge in [0.2, 0.25) is 0 Å². The predicted molar refractivity (Wildman–Crippen MR) is 103 cm³/mol. The summed E-state index contributed by atoms with van der Waals surface area (Å²) >= 11 is 0. The minimum absolute atomic E-state index is 0.177. The number of amides is 2. The Hall–Kier alpha value is -3.03. The Morgan fingerprint density at radius 2 is 1.78 bits per heavy atom. The molecule has 1 aromatic carbocycles. The van der Waals surface area contributed by atoms with Gasteiger partial charge in [-0.25, -0.2) is 5.01 Å². The highest BCUT2D eigenvalue weighted by Crippen LogP contribution is 2.07. The van der Waals surface area contributed by atoms with E-state index in [9.17, 15) is 9.59 Å². The predicted octanol–water partition coefficient (Wildman–Crippen LogP) is 1.13. The average Bonchev–Trinajstić information content (AvgIpc) is 2.70. The Balaban J connectivity index is 1.76. The van der Waals surface area contributed by atoms with Gasteiger partial charge < -0.3 is 10.2 Å². The monoisotopic (exact) mass is 365 g/mol. The molecule has 0 radical (unpaired) electrons. The van der Waals surface area contributed by atoms with E-state index in [-0.39, 0.29) is 17.5 Å². The van der Waals surface area contributed by atoms with Gasteiger partial charge in [-0.05, 0) is 36.9 Å². The topological polar surface area (TPSA) is 77.6 Å². The normalized spacial score (nSPS) is 16.0. The number of hydrogen-bond acceptors (Lipinski definition) is 5. The third-order valence-corrected chi connectivity index (χ3v) is 4.29. The van der Waals surface area contributed by atoms with Gasteiger partial charge in [-0.2, -0.15) is 0 Å². The number of carbonyl (C=O) groups excluding carboxylic acids is 2. The van der Waals surface area contributed by atoms with E-state index in [0.29, 0.717) is 5.56 Å². The quantitative estimate of drug-likeness (QED) is 0.777. The van der Waals surface area contributed by atoms with Crippen molar-refractivity contribution in [1.29, 1.82) is 0 Å². The van der Waals surface area contributed by atoms with Crippen LogP contribution in [0.2, 0.25) is 0 Å². The number of benzene rings is 1. The molecule has 7 nitrogen and oxygen atoms in total. The standard InChI is InChI=1S/C20H23N5O2/c1-24-10-12-25(13-11-24)23-20(27)18(14-16-6-5-9-21-15-16)22-19(26)17-7-3-2-4-8-17/h2-9,14-15H,10-13H2,1H3,(H,22,26)(H,23,27)/b18-14+. The Morgan fingerprint density at radius 3 is 2.44 bits per heavy atom. The Kier molecular flexibility index (Phi) is 6.30. The molecule has 1 aromatic heterocycles. The van der Waals surface area contributed by atoms with E-state index in [0.717, 1.165) is 31.7 Å². The molecule has 0 spiro atoms. The smallest absolute Gasteiger partial charge is 0.282 e. The number of nitrogens with zero attached hydrogens (tertiary/aromatic N) is 3. The lowest BCUT2D eigenvalue weighted by atomic mass is 10.2. The molecule has 2 amide bonds. The molecule has 27 heavy (non-hydrogen) atoms. The van der Waals surface area contributed by atoms with Gasteiger partial charge in [0.1, 0.15) is 5.70 Å². The fourth-order valence-electron chi connectivity index (χ4n) is 2.69. The molecule has 0 unspecified atom stereocenters. The molecule has 0 aliphatic carbocycles. The molecule has 0 saturated carbocycles. The first-order valence-electron chi connectivity index (χ1n) is 8.84. The molecule has 3 rings (SSSR count). The highest BCUT2D eigenvalue weighted by molar-refractivity contribution is 6.05. The van der Waals surface area contributed by atoms with E-state index < -0.39 is 0 Å². The van der Waals surface area contributed by atoms with E-state index in [1.165, 1.54) is 0 Å². The molecular formula is C20H23N5O2. The summed E-state index contributed by atoms with van der Waals surface area (Å²) in [5.74, 6) is -0.688. The summed E-state index contributed by atoms with van der Waals surface area (Å²) < 4.78 is 0. The molecule has 1 aliphatic rings. The largest absolute Gasteiger partial charge is 0.317 e. The maximum absolute atomic E-state index is 12.8. The number of nitrogens with one attached hydrogen (secondary N) is 2. The number of hydrogen-bond donors (Lipinski definition) is 2. The van der Waals surface area contributed by atoms with Crippen molar-refractivity contribution < 1.29 is 9.59 Å². The molecule has 1 aliphatic heterocycles. The van der Waals surface area contributed by atoms with E-state index >= 15 is 0 Å². The van der Waals surface area contributed by atoms with Gasteiger partial charge in [-0.15, -0.1) is 0 Å². The summed E-state index contributed by atoms with van der Waals surface area (Å²) in [5.41, 5.74) is 4.28. The number of aromatic nitrogens is 1. The Morgan fingerprint density at radius 1 is 1.04 bits per heavy atom. The zero-order valence-corrected chi connectivity index (χ0v) is 15.3. The van der Waals surface area contributed by atoms with E-state index in [4.69, 9.17) is 0 Å². The first-order valence-corrected chi connectivity index (χ1v) is 8.84. The lowest BCUT2D eigenvalue weighted by molar-refractivity contribution is -0.123. The first kappa shape index (κ1) is 18.8. The van der Waals surface area contributed by atoms with Gasteiger partial charge >= 0.3 is 0 Å². The average molecular weight is 365 g/mol. The van der Waals surface area contributed by atoms with Crippen LogP contribution in [0.25, 0.3) is 6.08 Å². The molecule has 1 saturated heterocycles. The van der Waals surface area contributed by atoms with Gasteiger partial charge in [-0.1, -0.05) is 24.3 Å². The maximum atomic E-state index is 12.8. The van der Waals surface area contributed by atoms with Gasteiger partial charge in [-0.3, -0.25) is 20.0 Å². The van der Waals surface area contributed by atoms with Crippen molar-refractivity contribution in [3.63, 3.8) is 0 Å². The van der Waals surface area contributed by atoms with Crippen molar-refractivity contribution in [2.24, 2.45) is 0 Å². The summed E-state index contributed by atoms with van der Waals surface area (Å²) in [6, 6.07) is 12.4. The molecule has 0 atom stereocenters. The van der Waals surface area contributed by atoms with Crippen LogP contribution in [0.1, 0.15) is 15.9 Å². The van der Waals surface area contributed by atoms with Crippen LogP contribution in [0.4, 0.5) is 0 Å². The van der Waals surface area contributed by atoms with E-state index in [1.807, 2.05) is 24.2 Å². The van der Waals surface area contributed by atoms with Gasteiger partial charge in [0.25, 0.3) is 11.8 Å². The number of carbonyl (C=O) groups is 2. The summed E-state index contributed by atoms with van der Waals surface area (Å²) in [7, 11) is 2.05. The van der Waals surface area contributed by atoms with Crippen LogP contribution in [0, 0.1) is 0 Å². The number of pyridine rings is 1. The van der Waals surface area contributed by atoms with Gasteiger partial charge in [0.15, 0.2) is 0 Å². The molecular weight excluding hydrogens is 342 g/mol. The first-order chi connectivity index (χ1) is 13.1. The number of hydrazine groups is 1. The molecule has 2 heterocycles. The second kappa shape index (κ2) is 9.07. The second-order valence-corrected chi connectivity index (χ2v) is 6.40. The van der Waals surface area contributed by atoms with Crippen molar-refractivity contribution in [2.75, 3.05) is 33.2 Å². The summed E-state index contributed by atoms with van der Waals surface area (Å²) in [4.78, 5) is 31.6. The third kappa shape index (κ3) is 5.47. The highest BCUT2D eigenvalue weighted by Gasteiger charge is 2.19. The minimum atomic E-state index is -0.354. The van der Waals surface area contributed by atoms with E-state index in [2.05, 4.69) is 20.6 Å². The van der Waals surface area contributed by atoms with Crippen LogP contribution in [0.3, 0.4) is 0 Å². The lowest BCUT2D eigenvalue weighted by Gasteiger charge is -2.32.